The Hall–Kier alpha value is -0.290. The van der Waals surface area contributed by atoms with Crippen LogP contribution in [-0.2, 0) is 13.0 Å². The SMILES string of the molecule is CC(C)CCCn1c(CCCl)nc2cc(I)ccc21. The molecule has 2 rings (SSSR count). The molecule has 104 valence electrons. The van der Waals surface area contributed by atoms with E-state index in [1.165, 1.54) is 21.9 Å². The Morgan fingerprint density at radius 1 is 1.37 bits per heavy atom. The van der Waals surface area contributed by atoms with E-state index in [1.807, 2.05) is 0 Å². The number of fused-ring (bicyclic) bond motifs is 1. The van der Waals surface area contributed by atoms with Crippen LogP contribution >= 0.6 is 34.2 Å². The predicted molar refractivity (Wildman–Crippen MR) is 90.9 cm³/mol. The Bertz CT molecular complexity index is 548. The molecule has 2 nitrogen and oxygen atoms in total. The molecule has 1 aromatic carbocycles. The summed E-state index contributed by atoms with van der Waals surface area (Å²) in [5, 5.41) is 0. The van der Waals surface area contributed by atoms with Crippen molar-refractivity contribution < 1.29 is 0 Å². The highest BCUT2D eigenvalue weighted by atomic mass is 127. The minimum Gasteiger partial charge on any atom is -0.328 e. The minimum atomic E-state index is 0.630. The highest BCUT2D eigenvalue weighted by Gasteiger charge is 2.10. The van der Waals surface area contributed by atoms with Crippen LogP contribution in [0.1, 0.15) is 32.5 Å². The average molecular weight is 391 g/mol. The number of nitrogens with zero attached hydrogens (tertiary/aromatic N) is 2. The molecule has 0 aliphatic rings. The molecule has 0 atom stereocenters. The summed E-state index contributed by atoms with van der Waals surface area (Å²) >= 11 is 8.23. The zero-order chi connectivity index (χ0) is 13.8. The number of benzene rings is 1. The molecule has 0 bridgehead atoms. The van der Waals surface area contributed by atoms with E-state index in [0.717, 1.165) is 30.2 Å². The monoisotopic (exact) mass is 390 g/mol. The molecule has 1 heterocycles. The number of aryl methyl sites for hydroxylation is 2. The average Bonchev–Trinajstić information content (AvgIpc) is 2.66. The van der Waals surface area contributed by atoms with Gasteiger partial charge in [-0.1, -0.05) is 13.8 Å². The normalized spacial score (nSPS) is 11.6. The molecule has 0 fully saturated rings. The highest BCUT2D eigenvalue weighted by Crippen LogP contribution is 2.21. The van der Waals surface area contributed by atoms with Gasteiger partial charge in [0.1, 0.15) is 5.82 Å². The zero-order valence-electron chi connectivity index (χ0n) is 11.5. The second-order valence-corrected chi connectivity index (χ2v) is 6.91. The van der Waals surface area contributed by atoms with E-state index in [9.17, 15) is 0 Å². The maximum absolute atomic E-state index is 5.90. The number of halogens is 2. The van der Waals surface area contributed by atoms with Gasteiger partial charge in [-0.15, -0.1) is 11.6 Å². The summed E-state index contributed by atoms with van der Waals surface area (Å²) in [6, 6.07) is 6.47. The lowest BCUT2D eigenvalue weighted by Gasteiger charge is -2.10. The third kappa shape index (κ3) is 3.85. The number of rotatable bonds is 6. The van der Waals surface area contributed by atoms with Crippen molar-refractivity contribution in [3.05, 3.63) is 27.6 Å². The lowest BCUT2D eigenvalue weighted by atomic mass is 10.1. The van der Waals surface area contributed by atoms with Gasteiger partial charge < -0.3 is 4.57 Å². The summed E-state index contributed by atoms with van der Waals surface area (Å²) in [6.45, 7) is 5.59. The van der Waals surface area contributed by atoms with Gasteiger partial charge in [-0.3, -0.25) is 0 Å². The number of imidazole rings is 1. The van der Waals surface area contributed by atoms with E-state index in [2.05, 4.69) is 59.2 Å². The molecule has 0 amide bonds. The minimum absolute atomic E-state index is 0.630. The Morgan fingerprint density at radius 3 is 2.84 bits per heavy atom. The molecule has 0 saturated carbocycles. The summed E-state index contributed by atoms with van der Waals surface area (Å²) in [7, 11) is 0. The molecule has 1 aromatic heterocycles. The van der Waals surface area contributed by atoms with Crippen LogP contribution in [-0.4, -0.2) is 15.4 Å². The molecule has 0 aliphatic heterocycles. The van der Waals surface area contributed by atoms with Crippen LogP contribution in [0, 0.1) is 9.49 Å². The molecule has 0 unspecified atom stereocenters. The summed E-state index contributed by atoms with van der Waals surface area (Å²) in [4.78, 5) is 4.73. The first-order valence-electron chi connectivity index (χ1n) is 6.82. The first-order valence-corrected chi connectivity index (χ1v) is 8.43. The van der Waals surface area contributed by atoms with Gasteiger partial charge in [0.25, 0.3) is 0 Å². The van der Waals surface area contributed by atoms with E-state index in [-0.39, 0.29) is 0 Å². The van der Waals surface area contributed by atoms with Gasteiger partial charge in [0.05, 0.1) is 11.0 Å². The van der Waals surface area contributed by atoms with Gasteiger partial charge in [-0.25, -0.2) is 4.98 Å². The number of hydrogen-bond donors (Lipinski definition) is 0. The molecule has 4 heteroatoms. The van der Waals surface area contributed by atoms with Gasteiger partial charge in [-0.2, -0.15) is 0 Å². The molecule has 0 spiro atoms. The molecule has 0 saturated heterocycles. The third-order valence-corrected chi connectivity index (χ3v) is 4.13. The molecule has 19 heavy (non-hydrogen) atoms. The van der Waals surface area contributed by atoms with Gasteiger partial charge in [0, 0.05) is 22.4 Å². The Morgan fingerprint density at radius 2 is 2.16 bits per heavy atom. The molecular formula is C15H20ClIN2. The van der Waals surface area contributed by atoms with Crippen molar-refractivity contribution in [2.24, 2.45) is 5.92 Å². The quantitative estimate of drug-likeness (QED) is 0.509. The van der Waals surface area contributed by atoms with Gasteiger partial charge in [-0.05, 0) is 59.5 Å². The van der Waals surface area contributed by atoms with E-state index in [4.69, 9.17) is 16.6 Å². The van der Waals surface area contributed by atoms with Crippen molar-refractivity contribution in [2.45, 2.75) is 39.7 Å². The smallest absolute Gasteiger partial charge is 0.111 e. The summed E-state index contributed by atoms with van der Waals surface area (Å²) in [5.41, 5.74) is 2.33. The second-order valence-electron chi connectivity index (χ2n) is 5.29. The Balaban J connectivity index is 2.29. The standard InChI is InChI=1S/C15H20ClIN2/c1-11(2)4-3-9-19-14-6-5-12(17)10-13(14)18-15(19)7-8-16/h5-6,10-11H,3-4,7-9H2,1-2H3. The van der Waals surface area contributed by atoms with Crippen LogP contribution < -0.4 is 0 Å². The lowest BCUT2D eigenvalue weighted by molar-refractivity contribution is 0.510. The maximum atomic E-state index is 5.90. The van der Waals surface area contributed by atoms with Crippen molar-refractivity contribution in [2.75, 3.05) is 5.88 Å². The van der Waals surface area contributed by atoms with Crippen LogP contribution in [0.2, 0.25) is 0 Å². The van der Waals surface area contributed by atoms with Crippen LogP contribution in [0.15, 0.2) is 18.2 Å². The predicted octanol–water partition coefficient (Wildman–Crippen LogP) is 4.86. The first-order chi connectivity index (χ1) is 9.11. The van der Waals surface area contributed by atoms with Crippen molar-refractivity contribution in [1.82, 2.24) is 9.55 Å². The lowest BCUT2D eigenvalue weighted by Crippen LogP contribution is -2.05. The van der Waals surface area contributed by atoms with Crippen molar-refractivity contribution in [3.8, 4) is 0 Å². The van der Waals surface area contributed by atoms with Crippen LogP contribution in [0.25, 0.3) is 11.0 Å². The van der Waals surface area contributed by atoms with Gasteiger partial charge in [0.15, 0.2) is 0 Å². The Kier molecular flexibility index (Phi) is 5.51. The summed E-state index contributed by atoms with van der Waals surface area (Å²) in [5.74, 6) is 2.51. The molecule has 0 aliphatic carbocycles. The fourth-order valence-corrected chi connectivity index (χ4v) is 2.98. The van der Waals surface area contributed by atoms with Gasteiger partial charge in [0.2, 0.25) is 0 Å². The Labute approximate surface area is 133 Å². The van der Waals surface area contributed by atoms with Crippen LogP contribution in [0.4, 0.5) is 0 Å². The maximum Gasteiger partial charge on any atom is 0.111 e. The van der Waals surface area contributed by atoms with E-state index >= 15 is 0 Å². The number of hydrogen-bond acceptors (Lipinski definition) is 1. The van der Waals surface area contributed by atoms with Gasteiger partial charge >= 0.3 is 0 Å². The third-order valence-electron chi connectivity index (χ3n) is 3.27. The highest BCUT2D eigenvalue weighted by molar-refractivity contribution is 14.1. The topological polar surface area (TPSA) is 17.8 Å². The second kappa shape index (κ2) is 6.93. The zero-order valence-corrected chi connectivity index (χ0v) is 14.4. The van der Waals surface area contributed by atoms with E-state index in [0.29, 0.717) is 5.88 Å². The van der Waals surface area contributed by atoms with Crippen LogP contribution in [0.3, 0.4) is 0 Å². The van der Waals surface area contributed by atoms with E-state index < -0.39 is 0 Å². The molecule has 2 aromatic rings. The molecular weight excluding hydrogens is 371 g/mol. The number of aromatic nitrogens is 2. The summed E-state index contributed by atoms with van der Waals surface area (Å²) in [6.07, 6.45) is 3.29. The first kappa shape index (κ1) is 15.1. The molecule has 0 N–H and O–H groups in total. The van der Waals surface area contributed by atoms with Crippen LogP contribution in [0.5, 0.6) is 0 Å². The van der Waals surface area contributed by atoms with Crippen molar-refractivity contribution >= 4 is 45.2 Å². The van der Waals surface area contributed by atoms with Crippen molar-refractivity contribution in [3.63, 3.8) is 0 Å². The largest absolute Gasteiger partial charge is 0.328 e. The van der Waals surface area contributed by atoms with E-state index in [1.54, 1.807) is 0 Å². The summed E-state index contributed by atoms with van der Waals surface area (Å²) < 4.78 is 3.57. The fourth-order valence-electron chi connectivity index (χ4n) is 2.34. The van der Waals surface area contributed by atoms with Crippen molar-refractivity contribution in [1.29, 1.82) is 0 Å². The molecule has 0 radical (unpaired) electrons. The fraction of sp³-hybridized carbons (Fsp3) is 0.533. The number of alkyl halides is 1.